The lowest BCUT2D eigenvalue weighted by molar-refractivity contribution is -0.156. The van der Waals surface area contributed by atoms with Crippen molar-refractivity contribution in [2.75, 3.05) is 6.61 Å². The molecule has 0 heterocycles. The van der Waals surface area contributed by atoms with Gasteiger partial charge in [0, 0.05) is 10.5 Å². The summed E-state index contributed by atoms with van der Waals surface area (Å²) in [6.07, 6.45) is -4.33. The van der Waals surface area contributed by atoms with E-state index in [0.29, 0.717) is 5.69 Å². The topological polar surface area (TPSA) is 21.6 Å². The third-order valence-corrected chi connectivity index (χ3v) is 2.28. The van der Waals surface area contributed by atoms with E-state index in [2.05, 4.69) is 32.3 Å². The second kappa shape index (κ2) is 5.51. The van der Waals surface area contributed by atoms with Gasteiger partial charge in [0.25, 0.3) is 0 Å². The molecule has 2 nitrogen and oxygen atoms in total. The van der Waals surface area contributed by atoms with Gasteiger partial charge in [0.1, 0.15) is 0 Å². The first kappa shape index (κ1) is 13.3. The highest BCUT2D eigenvalue weighted by atomic mass is 127. The van der Waals surface area contributed by atoms with Crippen LogP contribution in [0.3, 0.4) is 0 Å². The molecule has 0 radical (unpaired) electrons. The van der Waals surface area contributed by atoms with E-state index in [4.69, 9.17) is 0 Å². The van der Waals surface area contributed by atoms with Crippen LogP contribution in [0.25, 0.3) is 0 Å². The fraction of sp³-hybridized carbons (Fsp3) is 0.300. The Balaban J connectivity index is 2.59. The lowest BCUT2D eigenvalue weighted by Crippen LogP contribution is -2.18. The summed E-state index contributed by atoms with van der Waals surface area (Å²) >= 11 is 2.13. The maximum Gasteiger partial charge on any atom is 0.422 e. The van der Waals surface area contributed by atoms with E-state index in [1.165, 1.54) is 6.92 Å². The molecular formula is C10H9F3INO. The number of rotatable bonds is 2. The molecule has 0 aliphatic rings. The minimum absolute atomic E-state index is 0.00136. The molecule has 0 aromatic heterocycles. The van der Waals surface area contributed by atoms with Crippen LogP contribution in [0.5, 0.6) is 0 Å². The molecule has 88 valence electrons. The van der Waals surface area contributed by atoms with Gasteiger partial charge in [-0.15, -0.1) is 0 Å². The van der Waals surface area contributed by atoms with Crippen molar-refractivity contribution in [3.63, 3.8) is 0 Å². The number of ether oxygens (including phenoxy) is 1. The Morgan fingerprint density at radius 2 is 1.88 bits per heavy atom. The summed E-state index contributed by atoms with van der Waals surface area (Å²) in [5.41, 5.74) is 0.570. The summed E-state index contributed by atoms with van der Waals surface area (Å²) in [5, 5.41) is 0. The fourth-order valence-electron chi connectivity index (χ4n) is 0.916. The van der Waals surface area contributed by atoms with Crippen molar-refractivity contribution in [1.29, 1.82) is 0 Å². The molecule has 1 rings (SSSR count). The number of alkyl halides is 3. The zero-order chi connectivity index (χ0) is 12.2. The van der Waals surface area contributed by atoms with Gasteiger partial charge in [0.2, 0.25) is 0 Å². The van der Waals surface area contributed by atoms with Crippen LogP contribution in [0, 0.1) is 3.57 Å². The average Bonchev–Trinajstić information content (AvgIpc) is 2.18. The standard InChI is InChI=1S/C10H9F3INO/c1-7(16-6-10(11,12)13)15-9-4-2-8(14)3-5-9/h2-5H,6H2,1H3. The molecule has 1 aromatic carbocycles. The van der Waals surface area contributed by atoms with E-state index in [1.54, 1.807) is 12.1 Å². The van der Waals surface area contributed by atoms with Crippen LogP contribution in [-0.2, 0) is 4.74 Å². The smallest absolute Gasteiger partial charge is 0.422 e. The number of benzene rings is 1. The summed E-state index contributed by atoms with van der Waals surface area (Å²) < 4.78 is 41.0. The third kappa shape index (κ3) is 5.34. The zero-order valence-electron chi connectivity index (χ0n) is 8.38. The Kier molecular flexibility index (Phi) is 4.57. The van der Waals surface area contributed by atoms with Gasteiger partial charge in [-0.2, -0.15) is 13.2 Å². The second-order valence-corrected chi connectivity index (χ2v) is 4.26. The highest BCUT2D eigenvalue weighted by Gasteiger charge is 2.28. The van der Waals surface area contributed by atoms with Gasteiger partial charge in [-0.25, -0.2) is 4.99 Å². The quantitative estimate of drug-likeness (QED) is 0.453. The lowest BCUT2D eigenvalue weighted by Gasteiger charge is -2.08. The van der Waals surface area contributed by atoms with Crippen molar-refractivity contribution < 1.29 is 17.9 Å². The van der Waals surface area contributed by atoms with Crippen molar-refractivity contribution >= 4 is 34.2 Å². The minimum Gasteiger partial charge on any atom is -0.471 e. The lowest BCUT2D eigenvalue weighted by atomic mass is 10.3. The average molecular weight is 343 g/mol. The molecule has 1 aromatic rings. The molecule has 0 N–H and O–H groups in total. The molecular weight excluding hydrogens is 334 g/mol. The third-order valence-electron chi connectivity index (χ3n) is 1.56. The van der Waals surface area contributed by atoms with Crippen molar-refractivity contribution in [3.05, 3.63) is 27.8 Å². The summed E-state index contributed by atoms with van der Waals surface area (Å²) in [5.74, 6) is -0.00136. The Morgan fingerprint density at radius 3 is 2.38 bits per heavy atom. The van der Waals surface area contributed by atoms with Gasteiger partial charge in [-0.1, -0.05) is 0 Å². The van der Waals surface area contributed by atoms with Gasteiger partial charge in [0.15, 0.2) is 12.5 Å². The number of halogens is 4. The summed E-state index contributed by atoms with van der Waals surface area (Å²) in [4.78, 5) is 3.89. The highest BCUT2D eigenvalue weighted by molar-refractivity contribution is 14.1. The first-order valence-electron chi connectivity index (χ1n) is 4.37. The van der Waals surface area contributed by atoms with Crippen LogP contribution in [0.2, 0.25) is 0 Å². The molecule has 0 saturated carbocycles. The molecule has 0 amide bonds. The number of hydrogen-bond acceptors (Lipinski definition) is 2. The second-order valence-electron chi connectivity index (χ2n) is 3.01. The molecule has 0 aliphatic heterocycles. The number of nitrogens with zero attached hydrogens (tertiary/aromatic N) is 1. The number of aliphatic imine (C=N–C) groups is 1. The van der Waals surface area contributed by atoms with Crippen LogP contribution in [0.15, 0.2) is 29.3 Å². The van der Waals surface area contributed by atoms with Gasteiger partial charge < -0.3 is 4.74 Å². The molecule has 6 heteroatoms. The van der Waals surface area contributed by atoms with Crippen LogP contribution >= 0.6 is 22.6 Å². The molecule has 0 aliphatic carbocycles. The van der Waals surface area contributed by atoms with E-state index < -0.39 is 12.8 Å². The summed E-state index contributed by atoms with van der Waals surface area (Å²) in [6.45, 7) is 0.0798. The Labute approximate surface area is 105 Å². The van der Waals surface area contributed by atoms with E-state index in [-0.39, 0.29) is 5.90 Å². The van der Waals surface area contributed by atoms with Crippen molar-refractivity contribution in [3.8, 4) is 0 Å². The largest absolute Gasteiger partial charge is 0.471 e. The monoisotopic (exact) mass is 343 g/mol. The van der Waals surface area contributed by atoms with Crippen LogP contribution in [0.1, 0.15) is 6.92 Å². The predicted molar refractivity (Wildman–Crippen MR) is 63.9 cm³/mol. The maximum atomic E-state index is 11.8. The van der Waals surface area contributed by atoms with E-state index in [1.807, 2.05) is 12.1 Å². The van der Waals surface area contributed by atoms with Crippen LogP contribution in [0.4, 0.5) is 18.9 Å². The van der Waals surface area contributed by atoms with Gasteiger partial charge >= 0.3 is 6.18 Å². The van der Waals surface area contributed by atoms with E-state index >= 15 is 0 Å². The minimum atomic E-state index is -4.33. The van der Waals surface area contributed by atoms with E-state index in [0.717, 1.165) is 3.57 Å². The molecule has 16 heavy (non-hydrogen) atoms. The molecule has 0 unspecified atom stereocenters. The SMILES string of the molecule is CC(=Nc1ccc(I)cc1)OCC(F)(F)F. The Bertz CT molecular complexity index is 373. The zero-order valence-corrected chi connectivity index (χ0v) is 10.5. The summed E-state index contributed by atoms with van der Waals surface area (Å²) in [7, 11) is 0. The molecule has 0 spiro atoms. The van der Waals surface area contributed by atoms with Crippen molar-refractivity contribution in [2.24, 2.45) is 4.99 Å². The Hall–Kier alpha value is -0.790. The maximum absolute atomic E-state index is 11.8. The van der Waals surface area contributed by atoms with Gasteiger partial charge in [-0.3, -0.25) is 0 Å². The number of hydrogen-bond donors (Lipinski definition) is 0. The van der Waals surface area contributed by atoms with Gasteiger partial charge in [0.05, 0.1) is 5.69 Å². The van der Waals surface area contributed by atoms with Crippen LogP contribution < -0.4 is 0 Å². The predicted octanol–water partition coefficient (Wildman–Crippen LogP) is 3.92. The molecule has 0 fully saturated rings. The molecule has 0 atom stereocenters. The summed E-state index contributed by atoms with van der Waals surface area (Å²) in [6, 6.07) is 7.05. The Morgan fingerprint density at radius 1 is 1.31 bits per heavy atom. The van der Waals surface area contributed by atoms with Crippen molar-refractivity contribution in [2.45, 2.75) is 13.1 Å². The van der Waals surface area contributed by atoms with Gasteiger partial charge in [-0.05, 0) is 46.9 Å². The first-order chi connectivity index (χ1) is 7.37. The normalized spacial score (nSPS) is 12.7. The highest BCUT2D eigenvalue weighted by Crippen LogP contribution is 2.17. The fourth-order valence-corrected chi connectivity index (χ4v) is 1.28. The van der Waals surface area contributed by atoms with Crippen LogP contribution in [-0.4, -0.2) is 18.7 Å². The van der Waals surface area contributed by atoms with Crippen molar-refractivity contribution in [1.82, 2.24) is 0 Å². The molecule has 0 bridgehead atoms. The molecule has 0 saturated heterocycles. The van der Waals surface area contributed by atoms with E-state index in [9.17, 15) is 13.2 Å². The first-order valence-corrected chi connectivity index (χ1v) is 5.45.